The minimum Gasteiger partial charge on any atom is -0.508 e. The Balaban J connectivity index is 0.00000162. The highest BCUT2D eigenvalue weighted by Crippen LogP contribution is 2.33. The Morgan fingerprint density at radius 3 is 2.78 bits per heavy atom. The summed E-state index contributed by atoms with van der Waals surface area (Å²) in [5, 5.41) is 9.57. The normalized spacial score (nSPS) is 19.3. The van der Waals surface area contributed by atoms with E-state index >= 15 is 0 Å². The predicted octanol–water partition coefficient (Wildman–Crippen LogP) is 3.56. The van der Waals surface area contributed by atoms with Gasteiger partial charge in [-0.1, -0.05) is 18.2 Å². The molecule has 1 aromatic rings. The van der Waals surface area contributed by atoms with Crippen LogP contribution in [0.5, 0.6) is 5.75 Å². The van der Waals surface area contributed by atoms with Crippen LogP contribution >= 0.6 is 12.4 Å². The summed E-state index contributed by atoms with van der Waals surface area (Å²) in [7, 11) is 4.24. The fourth-order valence-electron chi connectivity index (χ4n) is 2.61. The summed E-state index contributed by atoms with van der Waals surface area (Å²) in [5.41, 5.74) is 2.58. The van der Waals surface area contributed by atoms with Crippen LogP contribution in [0.3, 0.4) is 0 Å². The van der Waals surface area contributed by atoms with Crippen molar-refractivity contribution < 1.29 is 5.11 Å². The van der Waals surface area contributed by atoms with Crippen LogP contribution in [0.4, 0.5) is 0 Å². The molecule has 3 heteroatoms. The van der Waals surface area contributed by atoms with E-state index in [0.29, 0.717) is 11.7 Å². The molecule has 2 nitrogen and oxygen atoms in total. The molecule has 0 amide bonds. The lowest BCUT2D eigenvalue weighted by atomic mass is 9.83. The highest BCUT2D eigenvalue weighted by Gasteiger charge is 2.19. The molecule has 0 saturated carbocycles. The minimum absolute atomic E-state index is 0. The van der Waals surface area contributed by atoms with E-state index in [1.54, 1.807) is 6.07 Å². The van der Waals surface area contributed by atoms with E-state index in [0.717, 1.165) is 13.0 Å². The molecular weight excluding hydrogens is 246 g/mol. The van der Waals surface area contributed by atoms with Crippen molar-refractivity contribution >= 4 is 18.0 Å². The fourth-order valence-corrected chi connectivity index (χ4v) is 2.61. The summed E-state index contributed by atoms with van der Waals surface area (Å²) in [6.07, 6.45) is 6.03. The molecule has 1 aromatic carbocycles. The number of benzene rings is 1. The standard InChI is InChI=1S/C15H21NO.ClH/c1-16(2)11-13-6-3-4-9-15(13)12-7-5-8-14(17)10-12;/h5,7-10,13,17H,3-4,6,11H2,1-2H3;1H. The number of hydrogen-bond acceptors (Lipinski definition) is 2. The lowest BCUT2D eigenvalue weighted by Crippen LogP contribution is -2.24. The topological polar surface area (TPSA) is 23.5 Å². The average Bonchev–Trinajstić information content (AvgIpc) is 2.29. The van der Waals surface area contributed by atoms with Crippen molar-refractivity contribution in [1.29, 1.82) is 0 Å². The van der Waals surface area contributed by atoms with Crippen molar-refractivity contribution in [2.24, 2.45) is 5.92 Å². The van der Waals surface area contributed by atoms with Crippen molar-refractivity contribution in [3.63, 3.8) is 0 Å². The van der Waals surface area contributed by atoms with Gasteiger partial charge in [0.05, 0.1) is 0 Å². The number of phenolic OH excluding ortho intramolecular Hbond substituents is 1. The largest absolute Gasteiger partial charge is 0.508 e. The van der Waals surface area contributed by atoms with Crippen molar-refractivity contribution in [3.05, 3.63) is 35.9 Å². The Labute approximate surface area is 116 Å². The molecule has 1 unspecified atom stereocenters. The number of allylic oxidation sites excluding steroid dienone is 1. The maximum absolute atomic E-state index is 9.57. The molecule has 1 atom stereocenters. The monoisotopic (exact) mass is 267 g/mol. The molecule has 0 bridgehead atoms. The molecule has 1 N–H and O–H groups in total. The van der Waals surface area contributed by atoms with Crippen LogP contribution in [0.25, 0.3) is 5.57 Å². The van der Waals surface area contributed by atoms with Crippen LogP contribution in [0, 0.1) is 5.92 Å². The molecule has 0 fully saturated rings. The Morgan fingerprint density at radius 2 is 2.11 bits per heavy atom. The summed E-state index contributed by atoms with van der Waals surface area (Å²) in [6.45, 7) is 1.08. The van der Waals surface area contributed by atoms with Gasteiger partial charge in [-0.05, 0) is 62.5 Å². The lowest BCUT2D eigenvalue weighted by molar-refractivity contribution is 0.346. The van der Waals surface area contributed by atoms with E-state index in [-0.39, 0.29) is 12.4 Å². The van der Waals surface area contributed by atoms with Gasteiger partial charge in [0.25, 0.3) is 0 Å². The second kappa shape index (κ2) is 6.81. The molecule has 0 aromatic heterocycles. The molecule has 1 aliphatic carbocycles. The number of phenols is 1. The van der Waals surface area contributed by atoms with Gasteiger partial charge in [0.2, 0.25) is 0 Å². The molecular formula is C15H22ClNO. The zero-order valence-corrected chi connectivity index (χ0v) is 11.9. The molecule has 100 valence electrons. The van der Waals surface area contributed by atoms with Gasteiger partial charge in [-0.3, -0.25) is 0 Å². The summed E-state index contributed by atoms with van der Waals surface area (Å²) in [6, 6.07) is 7.63. The van der Waals surface area contributed by atoms with Gasteiger partial charge >= 0.3 is 0 Å². The zero-order valence-electron chi connectivity index (χ0n) is 11.1. The second-order valence-electron chi connectivity index (χ2n) is 5.10. The molecule has 0 saturated heterocycles. The van der Waals surface area contributed by atoms with E-state index < -0.39 is 0 Å². The third-order valence-electron chi connectivity index (χ3n) is 3.33. The molecule has 18 heavy (non-hydrogen) atoms. The summed E-state index contributed by atoms with van der Waals surface area (Å²) >= 11 is 0. The fraction of sp³-hybridized carbons (Fsp3) is 0.467. The first kappa shape index (κ1) is 15.1. The van der Waals surface area contributed by atoms with Crippen molar-refractivity contribution in [2.75, 3.05) is 20.6 Å². The Morgan fingerprint density at radius 1 is 1.33 bits per heavy atom. The maximum atomic E-state index is 9.57. The average molecular weight is 268 g/mol. The van der Waals surface area contributed by atoms with E-state index in [1.165, 1.54) is 24.0 Å². The van der Waals surface area contributed by atoms with Gasteiger partial charge in [-0.15, -0.1) is 12.4 Å². The number of hydrogen-bond donors (Lipinski definition) is 1. The highest BCUT2D eigenvalue weighted by atomic mass is 35.5. The van der Waals surface area contributed by atoms with Gasteiger partial charge < -0.3 is 10.0 Å². The van der Waals surface area contributed by atoms with Crippen LogP contribution in [0.2, 0.25) is 0 Å². The third-order valence-corrected chi connectivity index (χ3v) is 3.33. The smallest absolute Gasteiger partial charge is 0.116 e. The minimum atomic E-state index is 0. The van der Waals surface area contributed by atoms with Crippen LogP contribution in [0.1, 0.15) is 24.8 Å². The van der Waals surface area contributed by atoms with E-state index in [9.17, 15) is 5.11 Å². The first-order chi connectivity index (χ1) is 8.16. The second-order valence-corrected chi connectivity index (χ2v) is 5.10. The zero-order chi connectivity index (χ0) is 12.3. The number of halogens is 1. The van der Waals surface area contributed by atoms with Crippen LogP contribution < -0.4 is 0 Å². The van der Waals surface area contributed by atoms with Crippen molar-refractivity contribution in [1.82, 2.24) is 4.90 Å². The predicted molar refractivity (Wildman–Crippen MR) is 79.2 cm³/mol. The third kappa shape index (κ3) is 3.76. The van der Waals surface area contributed by atoms with Gasteiger partial charge in [0, 0.05) is 6.54 Å². The molecule has 2 rings (SSSR count). The van der Waals surface area contributed by atoms with Crippen molar-refractivity contribution in [2.45, 2.75) is 19.3 Å². The Bertz CT molecular complexity index is 415. The highest BCUT2D eigenvalue weighted by molar-refractivity contribution is 5.85. The van der Waals surface area contributed by atoms with Crippen LogP contribution in [-0.2, 0) is 0 Å². The molecule has 0 radical (unpaired) electrons. The SMILES string of the molecule is CN(C)CC1CCCC=C1c1cccc(O)c1.Cl. The molecule has 1 aliphatic rings. The molecule has 0 heterocycles. The van der Waals surface area contributed by atoms with E-state index in [1.807, 2.05) is 12.1 Å². The van der Waals surface area contributed by atoms with Gasteiger partial charge in [-0.25, -0.2) is 0 Å². The van der Waals surface area contributed by atoms with E-state index in [4.69, 9.17) is 0 Å². The van der Waals surface area contributed by atoms with Gasteiger partial charge in [0.15, 0.2) is 0 Å². The molecule has 0 spiro atoms. The quantitative estimate of drug-likeness (QED) is 0.905. The molecule has 0 aliphatic heterocycles. The van der Waals surface area contributed by atoms with Crippen LogP contribution in [0.15, 0.2) is 30.3 Å². The summed E-state index contributed by atoms with van der Waals surface area (Å²) in [4.78, 5) is 2.24. The maximum Gasteiger partial charge on any atom is 0.116 e. The lowest BCUT2D eigenvalue weighted by Gasteiger charge is -2.27. The van der Waals surface area contributed by atoms with Crippen molar-refractivity contribution in [3.8, 4) is 5.75 Å². The number of aromatic hydroxyl groups is 1. The van der Waals surface area contributed by atoms with E-state index in [2.05, 4.69) is 31.1 Å². The Kier molecular flexibility index (Phi) is 5.70. The first-order valence-corrected chi connectivity index (χ1v) is 6.31. The summed E-state index contributed by atoms with van der Waals surface area (Å²) in [5.74, 6) is 0.957. The summed E-state index contributed by atoms with van der Waals surface area (Å²) < 4.78 is 0. The Hall–Kier alpha value is -0.990. The first-order valence-electron chi connectivity index (χ1n) is 6.31. The van der Waals surface area contributed by atoms with Crippen LogP contribution in [-0.4, -0.2) is 30.6 Å². The van der Waals surface area contributed by atoms with Gasteiger partial charge in [-0.2, -0.15) is 0 Å². The number of nitrogens with zero attached hydrogens (tertiary/aromatic N) is 1. The van der Waals surface area contributed by atoms with Gasteiger partial charge in [0.1, 0.15) is 5.75 Å². The number of rotatable bonds is 3.